The van der Waals surface area contributed by atoms with E-state index in [1.54, 1.807) is 24.3 Å². The number of benzene rings is 2. The van der Waals surface area contributed by atoms with Crippen LogP contribution in [0.4, 0.5) is 10.5 Å². The maximum absolute atomic E-state index is 12.4. The van der Waals surface area contributed by atoms with Crippen LogP contribution in [-0.4, -0.2) is 31.8 Å². The number of carbonyl (C=O) groups excluding carboxylic acids is 2. The molecule has 0 aromatic heterocycles. The number of rotatable bonds is 5. The molecule has 0 fully saturated rings. The van der Waals surface area contributed by atoms with E-state index >= 15 is 0 Å². The summed E-state index contributed by atoms with van der Waals surface area (Å²) in [7, 11) is 1.29. The normalized spacial score (nSPS) is 17.9. The van der Waals surface area contributed by atoms with Gasteiger partial charge in [-0.1, -0.05) is 24.3 Å². The Kier molecular flexibility index (Phi) is 5.80. The number of carbonyl (C=O) groups is 2. The molecule has 0 radical (unpaired) electrons. The number of para-hydroxylation sites is 1. The van der Waals surface area contributed by atoms with Crippen LogP contribution in [0.1, 0.15) is 24.9 Å². The number of ether oxygens (including phenoxy) is 3. The quantitative estimate of drug-likeness (QED) is 0.789. The van der Waals surface area contributed by atoms with E-state index < -0.39 is 5.97 Å². The van der Waals surface area contributed by atoms with Crippen molar-refractivity contribution in [2.45, 2.75) is 25.5 Å². The summed E-state index contributed by atoms with van der Waals surface area (Å²) in [6.07, 6.45) is 0.701. The molecule has 7 heteroatoms. The van der Waals surface area contributed by atoms with Crippen LogP contribution in [0.25, 0.3) is 0 Å². The van der Waals surface area contributed by atoms with Gasteiger partial charge in [-0.2, -0.15) is 0 Å². The summed E-state index contributed by atoms with van der Waals surface area (Å²) >= 11 is 0. The van der Waals surface area contributed by atoms with Gasteiger partial charge >= 0.3 is 12.0 Å². The van der Waals surface area contributed by atoms with Crippen LogP contribution in [0.2, 0.25) is 0 Å². The van der Waals surface area contributed by atoms with Crippen molar-refractivity contribution in [1.29, 1.82) is 0 Å². The number of fused-ring (bicyclic) bond motifs is 1. The molecule has 1 aliphatic rings. The van der Waals surface area contributed by atoms with Crippen LogP contribution >= 0.6 is 0 Å². The summed E-state index contributed by atoms with van der Waals surface area (Å²) in [5.74, 6) is 0.779. The third-order valence-corrected chi connectivity index (χ3v) is 4.17. The molecule has 0 bridgehead atoms. The maximum Gasteiger partial charge on any atom is 0.343 e. The number of nitrogens with one attached hydrogen (secondary N) is 2. The Balaban J connectivity index is 1.62. The summed E-state index contributed by atoms with van der Waals surface area (Å²) in [5.41, 5.74) is 1.52. The number of anilines is 1. The molecule has 0 spiro atoms. The van der Waals surface area contributed by atoms with Gasteiger partial charge in [-0.05, 0) is 25.1 Å². The highest BCUT2D eigenvalue weighted by Gasteiger charge is 2.26. The average molecular weight is 370 g/mol. The predicted molar refractivity (Wildman–Crippen MR) is 100.0 cm³/mol. The lowest BCUT2D eigenvalue weighted by Crippen LogP contribution is -2.37. The van der Waals surface area contributed by atoms with E-state index in [4.69, 9.17) is 9.47 Å². The number of amides is 2. The van der Waals surface area contributed by atoms with E-state index in [0.717, 1.165) is 11.3 Å². The Labute approximate surface area is 157 Å². The first-order valence-corrected chi connectivity index (χ1v) is 8.68. The molecule has 7 nitrogen and oxygen atoms in total. The highest BCUT2D eigenvalue weighted by molar-refractivity contribution is 5.89. The van der Waals surface area contributed by atoms with E-state index in [0.29, 0.717) is 17.9 Å². The molecule has 1 heterocycles. The van der Waals surface area contributed by atoms with Gasteiger partial charge in [0, 0.05) is 23.7 Å². The predicted octanol–water partition coefficient (Wildman–Crippen LogP) is 3.27. The van der Waals surface area contributed by atoms with Gasteiger partial charge in [0.25, 0.3) is 0 Å². The first-order chi connectivity index (χ1) is 13.0. The third-order valence-electron chi connectivity index (χ3n) is 4.17. The monoisotopic (exact) mass is 370 g/mol. The van der Waals surface area contributed by atoms with Gasteiger partial charge < -0.3 is 24.8 Å². The zero-order valence-corrected chi connectivity index (χ0v) is 15.2. The second-order valence-electron chi connectivity index (χ2n) is 6.25. The van der Waals surface area contributed by atoms with Crippen LogP contribution in [0, 0.1) is 0 Å². The van der Waals surface area contributed by atoms with Gasteiger partial charge in [0.05, 0.1) is 19.3 Å². The van der Waals surface area contributed by atoms with Crippen molar-refractivity contribution in [3.63, 3.8) is 0 Å². The van der Waals surface area contributed by atoms with E-state index in [9.17, 15) is 9.59 Å². The highest BCUT2D eigenvalue weighted by atomic mass is 16.6. The molecule has 2 N–H and O–H groups in total. The molecule has 2 aromatic rings. The van der Waals surface area contributed by atoms with Crippen LogP contribution in [0.3, 0.4) is 0 Å². The Bertz CT molecular complexity index is 824. The standard InChI is InChI=1S/C20H22N2O5/c1-13-10-17(16-8-3-4-9-18(16)27-13)22-20(24)21-14-6-5-7-15(11-14)26-12-19(23)25-2/h3-9,11,13,17H,10,12H2,1-2H3,(H2,21,22,24)/t13-,17-/m1/s1. The summed E-state index contributed by atoms with van der Waals surface area (Å²) in [4.78, 5) is 23.6. The number of esters is 1. The average Bonchev–Trinajstić information content (AvgIpc) is 2.66. The molecule has 2 aromatic carbocycles. The fourth-order valence-corrected chi connectivity index (χ4v) is 2.93. The second kappa shape index (κ2) is 8.44. The summed E-state index contributed by atoms with van der Waals surface area (Å²) < 4.78 is 15.7. The van der Waals surface area contributed by atoms with Crippen molar-refractivity contribution in [2.75, 3.05) is 19.0 Å². The molecule has 2 amide bonds. The van der Waals surface area contributed by atoms with Gasteiger partial charge in [0.15, 0.2) is 6.61 Å². The molecule has 0 saturated heterocycles. The molecular weight excluding hydrogens is 348 g/mol. The minimum atomic E-state index is -0.474. The topological polar surface area (TPSA) is 85.9 Å². The van der Waals surface area contributed by atoms with Crippen LogP contribution in [0.15, 0.2) is 48.5 Å². The zero-order valence-electron chi connectivity index (χ0n) is 15.2. The van der Waals surface area contributed by atoms with Crippen LogP contribution < -0.4 is 20.1 Å². The van der Waals surface area contributed by atoms with Crippen molar-refractivity contribution < 1.29 is 23.8 Å². The first kappa shape index (κ1) is 18.6. The fraction of sp³-hybridized carbons (Fsp3) is 0.300. The van der Waals surface area contributed by atoms with Gasteiger partial charge in [-0.15, -0.1) is 0 Å². The Hall–Kier alpha value is -3.22. The van der Waals surface area contributed by atoms with Gasteiger partial charge in [-0.25, -0.2) is 9.59 Å². The van der Waals surface area contributed by atoms with Gasteiger partial charge in [0.1, 0.15) is 11.5 Å². The zero-order chi connectivity index (χ0) is 19.2. The number of methoxy groups -OCH3 is 1. The third kappa shape index (κ3) is 4.91. The van der Waals surface area contributed by atoms with E-state index in [-0.39, 0.29) is 24.8 Å². The van der Waals surface area contributed by atoms with E-state index in [1.165, 1.54) is 7.11 Å². The fourth-order valence-electron chi connectivity index (χ4n) is 2.93. The molecule has 0 saturated carbocycles. The molecule has 0 aliphatic carbocycles. The first-order valence-electron chi connectivity index (χ1n) is 8.68. The minimum Gasteiger partial charge on any atom is -0.490 e. The molecular formula is C20H22N2O5. The van der Waals surface area contributed by atoms with Crippen molar-refractivity contribution in [2.24, 2.45) is 0 Å². The minimum absolute atomic E-state index is 0.0141. The Morgan fingerprint density at radius 2 is 2.00 bits per heavy atom. The van der Waals surface area contributed by atoms with Crippen molar-refractivity contribution in [1.82, 2.24) is 5.32 Å². The number of hydrogen-bond donors (Lipinski definition) is 2. The van der Waals surface area contributed by atoms with Crippen LogP contribution in [-0.2, 0) is 9.53 Å². The molecule has 142 valence electrons. The molecule has 3 rings (SSSR count). The Morgan fingerprint density at radius 3 is 2.81 bits per heavy atom. The van der Waals surface area contributed by atoms with Crippen molar-refractivity contribution in [3.05, 3.63) is 54.1 Å². The summed E-state index contributed by atoms with van der Waals surface area (Å²) in [5, 5.41) is 5.78. The second-order valence-corrected chi connectivity index (χ2v) is 6.25. The van der Waals surface area contributed by atoms with E-state index in [1.807, 2.05) is 31.2 Å². The SMILES string of the molecule is COC(=O)COc1cccc(NC(=O)N[C@@H]2C[C@@H](C)Oc3ccccc32)c1. The number of hydrogen-bond acceptors (Lipinski definition) is 5. The van der Waals surface area contributed by atoms with Crippen molar-refractivity contribution >= 4 is 17.7 Å². The molecule has 1 aliphatic heterocycles. The van der Waals surface area contributed by atoms with Crippen molar-refractivity contribution in [3.8, 4) is 11.5 Å². The number of urea groups is 1. The van der Waals surface area contributed by atoms with Gasteiger partial charge in [0.2, 0.25) is 0 Å². The lowest BCUT2D eigenvalue weighted by Gasteiger charge is -2.30. The lowest BCUT2D eigenvalue weighted by molar-refractivity contribution is -0.142. The molecule has 27 heavy (non-hydrogen) atoms. The van der Waals surface area contributed by atoms with Gasteiger partial charge in [-0.3, -0.25) is 0 Å². The summed E-state index contributed by atoms with van der Waals surface area (Å²) in [6.45, 7) is 1.79. The Morgan fingerprint density at radius 1 is 1.19 bits per heavy atom. The maximum atomic E-state index is 12.4. The lowest BCUT2D eigenvalue weighted by atomic mass is 9.97. The van der Waals surface area contributed by atoms with Crippen LogP contribution in [0.5, 0.6) is 11.5 Å². The smallest absolute Gasteiger partial charge is 0.343 e. The van der Waals surface area contributed by atoms with E-state index in [2.05, 4.69) is 15.4 Å². The summed E-state index contributed by atoms with van der Waals surface area (Å²) in [6, 6.07) is 14.0. The molecule has 2 atom stereocenters. The highest BCUT2D eigenvalue weighted by Crippen LogP contribution is 2.34. The largest absolute Gasteiger partial charge is 0.490 e. The molecule has 0 unspecified atom stereocenters.